The van der Waals surface area contributed by atoms with Gasteiger partial charge in [0.2, 0.25) is 0 Å². The van der Waals surface area contributed by atoms with E-state index in [1.165, 1.54) is 0 Å². The summed E-state index contributed by atoms with van der Waals surface area (Å²) < 4.78 is 5.49. The zero-order chi connectivity index (χ0) is 22.2. The molecule has 5 heteroatoms. The van der Waals surface area contributed by atoms with Crippen molar-refractivity contribution in [1.82, 2.24) is 4.98 Å². The minimum atomic E-state index is -0.520. The summed E-state index contributed by atoms with van der Waals surface area (Å²) in [6, 6.07) is 19.1. The molecule has 0 fully saturated rings. The summed E-state index contributed by atoms with van der Waals surface area (Å²) in [6.07, 6.45) is 0.193. The van der Waals surface area contributed by atoms with E-state index in [0.29, 0.717) is 0 Å². The Kier molecular flexibility index (Phi) is 5.27. The molecule has 0 bridgehead atoms. The van der Waals surface area contributed by atoms with Crippen LogP contribution >= 0.6 is 0 Å². The van der Waals surface area contributed by atoms with Crippen molar-refractivity contribution < 1.29 is 14.6 Å². The van der Waals surface area contributed by atoms with E-state index in [1.807, 2.05) is 70.3 Å². The molecule has 3 aromatic carbocycles. The van der Waals surface area contributed by atoms with Crippen molar-refractivity contribution in [2.24, 2.45) is 0 Å². The number of rotatable bonds is 4. The predicted molar refractivity (Wildman–Crippen MR) is 125 cm³/mol. The van der Waals surface area contributed by atoms with Crippen molar-refractivity contribution in [3.63, 3.8) is 0 Å². The van der Waals surface area contributed by atoms with Crippen molar-refractivity contribution in [2.75, 3.05) is 12.4 Å². The Morgan fingerprint density at radius 1 is 0.968 bits per heavy atom. The topological polar surface area (TPSA) is 71.5 Å². The molecule has 0 saturated carbocycles. The van der Waals surface area contributed by atoms with E-state index < -0.39 is 5.60 Å². The van der Waals surface area contributed by atoms with Gasteiger partial charge >= 0.3 is 5.97 Å². The summed E-state index contributed by atoms with van der Waals surface area (Å²) in [5.74, 6) is -0.0534. The van der Waals surface area contributed by atoms with E-state index >= 15 is 0 Å². The average molecular weight is 415 g/mol. The number of ether oxygens (including phenoxy) is 1. The lowest BCUT2D eigenvalue weighted by Gasteiger charge is -2.19. The lowest BCUT2D eigenvalue weighted by Crippen LogP contribution is -2.24. The summed E-state index contributed by atoms with van der Waals surface area (Å²) in [7, 11) is 1.88. The molecule has 158 valence electrons. The van der Waals surface area contributed by atoms with Crippen LogP contribution in [0.5, 0.6) is 5.75 Å². The van der Waals surface area contributed by atoms with Crippen molar-refractivity contribution in [3.8, 4) is 17.0 Å². The van der Waals surface area contributed by atoms with Crippen LogP contribution in [0.15, 0.2) is 60.7 Å². The molecule has 0 saturated heterocycles. The number of fused-ring (bicyclic) bond motifs is 3. The van der Waals surface area contributed by atoms with Gasteiger partial charge in [0, 0.05) is 29.1 Å². The van der Waals surface area contributed by atoms with Gasteiger partial charge < -0.3 is 15.2 Å². The van der Waals surface area contributed by atoms with Crippen LogP contribution in [-0.2, 0) is 16.0 Å². The minimum absolute atomic E-state index is 0.193. The van der Waals surface area contributed by atoms with Crippen LogP contribution in [0, 0.1) is 0 Å². The molecule has 0 unspecified atom stereocenters. The normalized spacial score (nSPS) is 11.6. The SMILES string of the molecule is CNc1ccc2c(c1)nc(-c1ccc(O)cc1)c1cc(CC(=O)OC(C)(C)C)ccc12. The maximum Gasteiger partial charge on any atom is 0.310 e. The highest BCUT2D eigenvalue weighted by Gasteiger charge is 2.18. The first-order valence-corrected chi connectivity index (χ1v) is 10.3. The van der Waals surface area contributed by atoms with Gasteiger partial charge in [-0.2, -0.15) is 0 Å². The van der Waals surface area contributed by atoms with Crippen LogP contribution in [0.2, 0.25) is 0 Å². The number of phenolic OH excluding ortho intramolecular Hbond substituents is 1. The quantitative estimate of drug-likeness (QED) is 0.332. The van der Waals surface area contributed by atoms with Crippen LogP contribution < -0.4 is 5.32 Å². The monoisotopic (exact) mass is 414 g/mol. The molecule has 0 atom stereocenters. The Bertz CT molecular complexity index is 1270. The van der Waals surface area contributed by atoms with Crippen LogP contribution in [0.25, 0.3) is 32.9 Å². The van der Waals surface area contributed by atoms with Gasteiger partial charge in [-0.05, 0) is 74.2 Å². The molecule has 4 rings (SSSR count). The molecule has 1 aromatic heterocycles. The maximum atomic E-state index is 12.4. The Labute approximate surface area is 181 Å². The summed E-state index contributed by atoms with van der Waals surface area (Å²) in [6.45, 7) is 5.59. The second kappa shape index (κ2) is 7.91. The summed E-state index contributed by atoms with van der Waals surface area (Å²) in [5, 5.41) is 15.9. The highest BCUT2D eigenvalue weighted by Crippen LogP contribution is 2.34. The van der Waals surface area contributed by atoms with Gasteiger partial charge in [-0.25, -0.2) is 4.98 Å². The standard InChI is InChI=1S/C26H26N2O3/c1-26(2,3)31-24(30)14-16-5-11-20-21-12-8-18(27-4)15-23(21)28-25(22(20)13-16)17-6-9-19(29)10-7-17/h5-13,15,27,29H,14H2,1-4H3. The van der Waals surface area contributed by atoms with Crippen molar-refractivity contribution in [3.05, 3.63) is 66.2 Å². The maximum absolute atomic E-state index is 12.4. The van der Waals surface area contributed by atoms with E-state index in [2.05, 4.69) is 11.4 Å². The molecule has 0 amide bonds. The first kappa shape index (κ1) is 20.7. The number of aromatic hydroxyl groups is 1. The van der Waals surface area contributed by atoms with Crippen molar-refractivity contribution in [1.29, 1.82) is 0 Å². The number of carbonyl (C=O) groups excluding carboxylic acids is 1. The molecule has 5 nitrogen and oxygen atoms in total. The van der Waals surface area contributed by atoms with Gasteiger partial charge in [0.25, 0.3) is 0 Å². The van der Waals surface area contributed by atoms with Gasteiger partial charge in [-0.3, -0.25) is 4.79 Å². The second-order valence-electron chi connectivity index (χ2n) is 8.63. The second-order valence-corrected chi connectivity index (χ2v) is 8.63. The number of phenols is 1. The zero-order valence-corrected chi connectivity index (χ0v) is 18.2. The Balaban J connectivity index is 1.89. The summed E-state index contributed by atoms with van der Waals surface area (Å²) in [5.41, 5.74) is 3.92. The van der Waals surface area contributed by atoms with Gasteiger partial charge in [-0.15, -0.1) is 0 Å². The first-order valence-electron chi connectivity index (χ1n) is 10.3. The number of esters is 1. The zero-order valence-electron chi connectivity index (χ0n) is 18.2. The number of anilines is 1. The summed E-state index contributed by atoms with van der Waals surface area (Å²) in [4.78, 5) is 17.3. The fourth-order valence-corrected chi connectivity index (χ4v) is 3.70. The highest BCUT2D eigenvalue weighted by atomic mass is 16.6. The molecule has 1 heterocycles. The molecule has 4 aromatic rings. The number of nitrogens with zero attached hydrogens (tertiary/aromatic N) is 1. The predicted octanol–water partition coefficient (Wildman–Crippen LogP) is 5.69. The fourth-order valence-electron chi connectivity index (χ4n) is 3.70. The third kappa shape index (κ3) is 4.45. The van der Waals surface area contributed by atoms with Crippen LogP contribution in [-0.4, -0.2) is 28.7 Å². The highest BCUT2D eigenvalue weighted by molar-refractivity contribution is 6.11. The molecule has 2 N–H and O–H groups in total. The largest absolute Gasteiger partial charge is 0.508 e. The van der Waals surface area contributed by atoms with Crippen LogP contribution in [0.3, 0.4) is 0 Å². The molecular formula is C26H26N2O3. The first-order chi connectivity index (χ1) is 14.7. The lowest BCUT2D eigenvalue weighted by atomic mass is 9.97. The molecule has 31 heavy (non-hydrogen) atoms. The lowest BCUT2D eigenvalue weighted by molar-refractivity contribution is -0.153. The number of benzene rings is 3. The van der Waals surface area contributed by atoms with Gasteiger partial charge in [-0.1, -0.05) is 18.2 Å². The van der Waals surface area contributed by atoms with Gasteiger partial charge in [0.1, 0.15) is 11.4 Å². The molecular weight excluding hydrogens is 388 g/mol. The molecule has 0 aliphatic rings. The van der Waals surface area contributed by atoms with Crippen LogP contribution in [0.1, 0.15) is 26.3 Å². The molecule has 0 aliphatic heterocycles. The van der Waals surface area contributed by atoms with E-state index in [0.717, 1.165) is 44.2 Å². The number of nitrogens with one attached hydrogen (secondary N) is 1. The number of pyridine rings is 1. The molecule has 0 aliphatic carbocycles. The fraction of sp³-hybridized carbons (Fsp3) is 0.231. The number of carbonyl (C=O) groups is 1. The van der Waals surface area contributed by atoms with Crippen molar-refractivity contribution >= 4 is 33.3 Å². The molecule has 0 radical (unpaired) electrons. The number of hydrogen-bond donors (Lipinski definition) is 2. The Hall–Kier alpha value is -3.60. The van der Waals surface area contributed by atoms with E-state index in [1.54, 1.807) is 12.1 Å². The minimum Gasteiger partial charge on any atom is -0.508 e. The third-order valence-corrected chi connectivity index (χ3v) is 5.06. The molecule has 0 spiro atoms. The third-order valence-electron chi connectivity index (χ3n) is 5.06. The number of aromatic nitrogens is 1. The van der Waals surface area contributed by atoms with Crippen LogP contribution in [0.4, 0.5) is 5.69 Å². The van der Waals surface area contributed by atoms with E-state index in [9.17, 15) is 9.90 Å². The van der Waals surface area contributed by atoms with Gasteiger partial charge in [0.05, 0.1) is 17.6 Å². The Morgan fingerprint density at radius 2 is 1.68 bits per heavy atom. The summed E-state index contributed by atoms with van der Waals surface area (Å²) >= 11 is 0. The average Bonchev–Trinajstić information content (AvgIpc) is 2.72. The number of hydrogen-bond acceptors (Lipinski definition) is 5. The van der Waals surface area contributed by atoms with Gasteiger partial charge in [0.15, 0.2) is 0 Å². The smallest absolute Gasteiger partial charge is 0.310 e. The van der Waals surface area contributed by atoms with E-state index in [4.69, 9.17) is 9.72 Å². The Morgan fingerprint density at radius 3 is 2.35 bits per heavy atom. The van der Waals surface area contributed by atoms with Crippen molar-refractivity contribution in [2.45, 2.75) is 32.8 Å². The van der Waals surface area contributed by atoms with E-state index in [-0.39, 0.29) is 18.1 Å².